The van der Waals surface area contributed by atoms with Crippen molar-refractivity contribution >= 4 is 35.3 Å². The van der Waals surface area contributed by atoms with Gasteiger partial charge in [-0.15, -0.1) is 0 Å². The number of nitrogens with zero attached hydrogens (tertiary/aromatic N) is 1. The van der Waals surface area contributed by atoms with Gasteiger partial charge in [0, 0.05) is 23.7 Å². The molecule has 0 fully saturated rings. The second-order valence-electron chi connectivity index (χ2n) is 6.18. The van der Waals surface area contributed by atoms with Crippen LogP contribution in [0.25, 0.3) is 6.08 Å². The summed E-state index contributed by atoms with van der Waals surface area (Å²) >= 11 is 5.80. The van der Waals surface area contributed by atoms with E-state index in [1.807, 2.05) is 30.3 Å². The number of carbonyl (C=O) groups is 3. The van der Waals surface area contributed by atoms with Crippen LogP contribution in [-0.4, -0.2) is 29.2 Å². The molecule has 6 heteroatoms. The fourth-order valence-corrected chi connectivity index (χ4v) is 3.12. The second-order valence-corrected chi connectivity index (χ2v) is 6.62. The molecule has 0 saturated heterocycles. The molecule has 1 heterocycles. The van der Waals surface area contributed by atoms with E-state index >= 15 is 0 Å². The Morgan fingerprint density at radius 3 is 2.48 bits per heavy atom. The van der Waals surface area contributed by atoms with Crippen molar-refractivity contribution in [2.75, 3.05) is 6.61 Å². The number of benzene rings is 2. The number of hydrogen-bond acceptors (Lipinski definition) is 4. The van der Waals surface area contributed by atoms with Crippen LogP contribution in [0.15, 0.2) is 54.7 Å². The van der Waals surface area contributed by atoms with Gasteiger partial charge in [0.25, 0.3) is 0 Å². The van der Waals surface area contributed by atoms with Crippen molar-refractivity contribution in [1.29, 1.82) is 0 Å². The van der Waals surface area contributed by atoms with E-state index in [-0.39, 0.29) is 24.7 Å². The quantitative estimate of drug-likeness (QED) is 0.577. The van der Waals surface area contributed by atoms with Crippen molar-refractivity contribution in [3.05, 3.63) is 76.4 Å². The molecule has 3 rings (SSSR count). The van der Waals surface area contributed by atoms with Crippen LogP contribution < -0.4 is 0 Å². The third-order valence-electron chi connectivity index (χ3n) is 4.36. The van der Waals surface area contributed by atoms with Crippen LogP contribution in [-0.2, 0) is 14.3 Å². The number of Topliss-reactive ketones (excluding diaryl/α,β-unsaturated/α-hetero) is 1. The fraction of sp³-hybridized carbons (Fsp3) is 0.190. The van der Waals surface area contributed by atoms with Crippen LogP contribution in [0.2, 0.25) is 5.02 Å². The minimum absolute atomic E-state index is 0.0329. The van der Waals surface area contributed by atoms with E-state index in [2.05, 4.69) is 0 Å². The molecule has 0 saturated carbocycles. The van der Waals surface area contributed by atoms with Crippen molar-refractivity contribution in [3.8, 4) is 0 Å². The number of halogens is 1. The second kappa shape index (κ2) is 8.18. The third kappa shape index (κ3) is 4.44. The molecule has 2 aromatic carbocycles. The molecule has 1 atom stereocenters. The topological polar surface area (TPSA) is 63.7 Å². The van der Waals surface area contributed by atoms with Crippen LogP contribution in [0.1, 0.15) is 40.9 Å². The standard InChI is InChI=1S/C21H18ClNO4/c1-14(24)23-11-10-15-4-2-3-5-18(15)19(23)12-21(26)27-13-20(25)16-6-8-17(22)9-7-16/h2-11,19H,12-13H2,1H3/t19-/m1/s1. The molecule has 138 valence electrons. The van der Waals surface area contributed by atoms with Gasteiger partial charge in [0.15, 0.2) is 12.4 Å². The third-order valence-corrected chi connectivity index (χ3v) is 4.61. The Morgan fingerprint density at radius 1 is 1.07 bits per heavy atom. The lowest BCUT2D eigenvalue weighted by molar-refractivity contribution is -0.144. The molecule has 0 N–H and O–H groups in total. The predicted octanol–water partition coefficient (Wildman–Crippen LogP) is 4.03. The molecule has 2 aromatic rings. The molecule has 0 aliphatic carbocycles. The minimum Gasteiger partial charge on any atom is -0.457 e. The molecule has 0 unspecified atom stereocenters. The Bertz CT molecular complexity index is 905. The van der Waals surface area contributed by atoms with E-state index in [9.17, 15) is 14.4 Å². The van der Waals surface area contributed by atoms with Crippen LogP contribution in [0.4, 0.5) is 0 Å². The number of hydrogen-bond donors (Lipinski definition) is 0. The Balaban J connectivity index is 1.67. The van der Waals surface area contributed by atoms with Crippen molar-refractivity contribution in [2.24, 2.45) is 0 Å². The van der Waals surface area contributed by atoms with Crippen molar-refractivity contribution in [1.82, 2.24) is 4.90 Å². The number of ether oxygens (including phenoxy) is 1. The number of rotatable bonds is 5. The van der Waals surface area contributed by atoms with Gasteiger partial charge in [-0.25, -0.2) is 0 Å². The van der Waals surface area contributed by atoms with Crippen LogP contribution in [0.5, 0.6) is 0 Å². The van der Waals surface area contributed by atoms with Gasteiger partial charge in [-0.1, -0.05) is 35.9 Å². The maximum atomic E-state index is 12.3. The van der Waals surface area contributed by atoms with Crippen LogP contribution in [0.3, 0.4) is 0 Å². The first-order valence-corrected chi connectivity index (χ1v) is 8.84. The lowest BCUT2D eigenvalue weighted by Crippen LogP contribution is -2.32. The van der Waals surface area contributed by atoms with Gasteiger partial charge >= 0.3 is 5.97 Å². The Hall–Kier alpha value is -2.92. The lowest BCUT2D eigenvalue weighted by atomic mass is 9.94. The van der Waals surface area contributed by atoms with E-state index in [1.165, 1.54) is 11.8 Å². The highest BCUT2D eigenvalue weighted by Crippen LogP contribution is 2.33. The molecule has 0 spiro atoms. The monoisotopic (exact) mass is 383 g/mol. The average molecular weight is 384 g/mol. The molecule has 0 radical (unpaired) electrons. The summed E-state index contributed by atoms with van der Waals surface area (Å²) in [5.41, 5.74) is 2.24. The average Bonchev–Trinajstić information content (AvgIpc) is 2.66. The van der Waals surface area contributed by atoms with Crippen molar-refractivity contribution in [2.45, 2.75) is 19.4 Å². The van der Waals surface area contributed by atoms with E-state index in [0.717, 1.165) is 11.1 Å². The first kappa shape index (κ1) is 18.9. The highest BCUT2D eigenvalue weighted by Gasteiger charge is 2.29. The van der Waals surface area contributed by atoms with E-state index in [0.29, 0.717) is 10.6 Å². The van der Waals surface area contributed by atoms with Gasteiger partial charge in [-0.2, -0.15) is 0 Å². The molecular formula is C21H18ClNO4. The number of amides is 1. The number of carbonyl (C=O) groups excluding carboxylic acids is 3. The van der Waals surface area contributed by atoms with Crippen molar-refractivity contribution in [3.63, 3.8) is 0 Å². The first-order valence-electron chi connectivity index (χ1n) is 8.46. The number of esters is 1. The summed E-state index contributed by atoms with van der Waals surface area (Å²) < 4.78 is 5.15. The molecule has 5 nitrogen and oxygen atoms in total. The zero-order valence-corrected chi connectivity index (χ0v) is 15.5. The summed E-state index contributed by atoms with van der Waals surface area (Å²) in [4.78, 5) is 37.9. The Kier molecular flexibility index (Phi) is 5.72. The number of ketones is 1. The largest absolute Gasteiger partial charge is 0.457 e. The summed E-state index contributed by atoms with van der Waals surface area (Å²) in [5.74, 6) is -1.03. The highest BCUT2D eigenvalue weighted by molar-refractivity contribution is 6.30. The normalized spacial score (nSPS) is 15.2. The summed E-state index contributed by atoms with van der Waals surface area (Å²) in [7, 11) is 0. The van der Waals surface area contributed by atoms with Gasteiger partial charge in [-0.3, -0.25) is 14.4 Å². The zero-order chi connectivity index (χ0) is 19.4. The highest BCUT2D eigenvalue weighted by atomic mass is 35.5. The molecule has 1 aliphatic heterocycles. The molecule has 27 heavy (non-hydrogen) atoms. The zero-order valence-electron chi connectivity index (χ0n) is 14.7. The van der Waals surface area contributed by atoms with E-state index in [4.69, 9.17) is 16.3 Å². The number of fused-ring (bicyclic) bond motifs is 1. The van der Waals surface area contributed by atoms with Crippen LogP contribution in [0, 0.1) is 0 Å². The van der Waals surface area contributed by atoms with Crippen LogP contribution >= 0.6 is 11.6 Å². The SMILES string of the molecule is CC(=O)N1C=Cc2ccccc2[C@H]1CC(=O)OCC(=O)c1ccc(Cl)cc1. The molecule has 1 amide bonds. The molecule has 0 aromatic heterocycles. The molecular weight excluding hydrogens is 366 g/mol. The van der Waals surface area contributed by atoms with Gasteiger partial charge in [-0.05, 0) is 41.5 Å². The lowest BCUT2D eigenvalue weighted by Gasteiger charge is -2.32. The van der Waals surface area contributed by atoms with E-state index in [1.54, 1.807) is 30.5 Å². The van der Waals surface area contributed by atoms with E-state index < -0.39 is 12.0 Å². The summed E-state index contributed by atoms with van der Waals surface area (Å²) in [6, 6.07) is 13.5. The Labute approximate surface area is 162 Å². The minimum atomic E-state index is -0.543. The van der Waals surface area contributed by atoms with Gasteiger partial charge < -0.3 is 9.64 Å². The summed E-state index contributed by atoms with van der Waals surface area (Å²) in [5, 5.41) is 0.525. The molecule has 0 bridgehead atoms. The Morgan fingerprint density at radius 2 is 1.78 bits per heavy atom. The van der Waals surface area contributed by atoms with Gasteiger partial charge in [0.2, 0.25) is 5.91 Å². The maximum absolute atomic E-state index is 12.3. The van der Waals surface area contributed by atoms with Crippen molar-refractivity contribution < 1.29 is 19.1 Å². The smallest absolute Gasteiger partial charge is 0.308 e. The summed E-state index contributed by atoms with van der Waals surface area (Å²) in [6.45, 7) is 1.09. The van der Waals surface area contributed by atoms with Gasteiger partial charge in [0.05, 0.1) is 12.5 Å². The van der Waals surface area contributed by atoms with Gasteiger partial charge in [0.1, 0.15) is 0 Å². The predicted molar refractivity (Wildman–Crippen MR) is 102 cm³/mol. The molecule has 1 aliphatic rings. The first-order chi connectivity index (χ1) is 13.0. The summed E-state index contributed by atoms with van der Waals surface area (Å²) in [6.07, 6.45) is 3.47. The fourth-order valence-electron chi connectivity index (χ4n) is 3.00. The maximum Gasteiger partial charge on any atom is 0.308 e.